The molecule has 1 amide bonds. The number of nitrogens with one attached hydrogen (secondary N) is 1. The number of ether oxygens (including phenoxy) is 1. The molecule has 0 aliphatic carbocycles. The van der Waals surface area contributed by atoms with E-state index in [1.54, 1.807) is 12.1 Å². The van der Waals surface area contributed by atoms with Crippen molar-refractivity contribution in [3.05, 3.63) is 88.7 Å². The molecule has 8 heteroatoms. The number of carbonyl (C=O) groups is 2. The smallest absolute Gasteiger partial charge is 0.336 e. The van der Waals surface area contributed by atoms with E-state index in [9.17, 15) is 14.7 Å². The molecule has 0 radical (unpaired) electrons. The van der Waals surface area contributed by atoms with Crippen LogP contribution in [0, 0.1) is 6.92 Å². The molecule has 1 saturated heterocycles. The molecule has 208 valence electrons. The molecular weight excluding hydrogens is 504 g/mol. The average molecular weight is 541 g/mol. The predicted molar refractivity (Wildman–Crippen MR) is 156 cm³/mol. The number of carbonyl (C=O) groups excluding carboxylic acids is 1. The van der Waals surface area contributed by atoms with Crippen molar-refractivity contribution in [2.75, 3.05) is 39.4 Å². The first-order valence-electron chi connectivity index (χ1n) is 13.9. The number of hydrogen-bond acceptors (Lipinski definition) is 5. The number of aryl methyl sites for hydroxylation is 2. The lowest BCUT2D eigenvalue weighted by molar-refractivity contribution is 0.0383. The van der Waals surface area contributed by atoms with E-state index in [1.807, 2.05) is 55.5 Å². The van der Waals surface area contributed by atoms with Gasteiger partial charge in [0.15, 0.2) is 0 Å². The molecule has 8 nitrogen and oxygen atoms in total. The Labute approximate surface area is 234 Å². The van der Waals surface area contributed by atoms with E-state index in [0.29, 0.717) is 24.2 Å². The largest absolute Gasteiger partial charge is 0.478 e. The summed E-state index contributed by atoms with van der Waals surface area (Å²) in [5.41, 5.74) is 6.39. The van der Waals surface area contributed by atoms with E-state index in [-0.39, 0.29) is 11.5 Å². The minimum Gasteiger partial charge on any atom is -0.478 e. The number of imidazole rings is 1. The molecule has 1 aromatic heterocycles. The van der Waals surface area contributed by atoms with Crippen LogP contribution >= 0.6 is 0 Å². The zero-order chi connectivity index (χ0) is 28.1. The van der Waals surface area contributed by atoms with Crippen LogP contribution in [0.15, 0.2) is 60.7 Å². The molecule has 0 spiro atoms. The summed E-state index contributed by atoms with van der Waals surface area (Å²) in [6, 6.07) is 18.9. The van der Waals surface area contributed by atoms with E-state index in [0.717, 1.165) is 79.2 Å². The Hall–Kier alpha value is -4.01. The Morgan fingerprint density at radius 2 is 1.80 bits per heavy atom. The maximum absolute atomic E-state index is 13.1. The fourth-order valence-corrected chi connectivity index (χ4v) is 5.31. The number of benzene rings is 3. The van der Waals surface area contributed by atoms with E-state index in [2.05, 4.69) is 21.7 Å². The second-order valence-corrected chi connectivity index (χ2v) is 10.3. The highest BCUT2D eigenvalue weighted by molar-refractivity contribution is 5.98. The first-order valence-corrected chi connectivity index (χ1v) is 13.9. The van der Waals surface area contributed by atoms with Gasteiger partial charge in [0.05, 0.1) is 29.8 Å². The van der Waals surface area contributed by atoms with E-state index in [4.69, 9.17) is 9.72 Å². The quantitative estimate of drug-likeness (QED) is 0.301. The van der Waals surface area contributed by atoms with Crippen LogP contribution in [0.25, 0.3) is 22.2 Å². The predicted octanol–water partition coefficient (Wildman–Crippen LogP) is 4.77. The SMILES string of the molecule is CCCc1nc2c(C)cc(C(=O)NCCN3CCOCC3)cc2n1Cc1ccc(-c2ccccc2C(=O)O)cc1. The third-order valence-corrected chi connectivity index (χ3v) is 7.44. The summed E-state index contributed by atoms with van der Waals surface area (Å²) in [6.45, 7) is 9.43. The number of morpholine rings is 1. The van der Waals surface area contributed by atoms with Gasteiger partial charge in [0.1, 0.15) is 5.82 Å². The van der Waals surface area contributed by atoms with Crippen LogP contribution in [0.2, 0.25) is 0 Å². The molecule has 0 atom stereocenters. The van der Waals surface area contributed by atoms with Crippen LogP contribution in [0.3, 0.4) is 0 Å². The Morgan fingerprint density at radius 1 is 1.05 bits per heavy atom. The molecule has 40 heavy (non-hydrogen) atoms. The monoisotopic (exact) mass is 540 g/mol. The minimum atomic E-state index is -0.940. The summed E-state index contributed by atoms with van der Waals surface area (Å²) in [5, 5.41) is 12.7. The highest BCUT2D eigenvalue weighted by Gasteiger charge is 2.17. The van der Waals surface area contributed by atoms with Crippen molar-refractivity contribution in [2.45, 2.75) is 33.2 Å². The number of carboxylic acids is 1. The van der Waals surface area contributed by atoms with Crippen molar-refractivity contribution in [1.82, 2.24) is 19.8 Å². The normalized spacial score (nSPS) is 13.9. The van der Waals surface area contributed by atoms with Gasteiger partial charge in [-0.1, -0.05) is 49.4 Å². The Balaban J connectivity index is 1.39. The molecular formula is C32H36N4O4. The van der Waals surface area contributed by atoms with Crippen LogP contribution in [0.5, 0.6) is 0 Å². The molecule has 5 rings (SSSR count). The molecule has 2 heterocycles. The van der Waals surface area contributed by atoms with Gasteiger partial charge in [-0.15, -0.1) is 0 Å². The standard InChI is InChI=1S/C32H36N4O4/c1-3-6-29-34-30-22(2)19-25(31(37)33-13-14-35-15-17-40-18-16-35)20-28(30)36(29)21-23-9-11-24(12-10-23)26-7-4-5-8-27(26)32(38)39/h4-5,7-12,19-20H,3,6,13-18,21H2,1-2H3,(H,33,37)(H,38,39). The van der Waals surface area contributed by atoms with E-state index in [1.165, 1.54) is 0 Å². The van der Waals surface area contributed by atoms with Gasteiger partial charge >= 0.3 is 5.97 Å². The Morgan fingerprint density at radius 3 is 2.52 bits per heavy atom. The van der Waals surface area contributed by atoms with Gasteiger partial charge in [-0.3, -0.25) is 9.69 Å². The number of rotatable bonds is 10. The van der Waals surface area contributed by atoms with Crippen molar-refractivity contribution < 1.29 is 19.4 Å². The summed E-state index contributed by atoms with van der Waals surface area (Å²) in [6.07, 6.45) is 1.79. The second kappa shape index (κ2) is 12.4. The van der Waals surface area contributed by atoms with Gasteiger partial charge in [-0.2, -0.15) is 0 Å². The fourth-order valence-electron chi connectivity index (χ4n) is 5.31. The maximum atomic E-state index is 13.1. The van der Waals surface area contributed by atoms with Crippen LogP contribution in [0.1, 0.15) is 51.0 Å². The van der Waals surface area contributed by atoms with Gasteiger partial charge in [0, 0.05) is 44.7 Å². The van der Waals surface area contributed by atoms with Crippen LogP contribution in [-0.2, 0) is 17.7 Å². The lowest BCUT2D eigenvalue weighted by Gasteiger charge is -2.26. The molecule has 4 aromatic rings. The van der Waals surface area contributed by atoms with Gasteiger partial charge in [-0.25, -0.2) is 9.78 Å². The number of nitrogens with zero attached hydrogens (tertiary/aromatic N) is 3. The van der Waals surface area contributed by atoms with E-state index < -0.39 is 5.97 Å². The van der Waals surface area contributed by atoms with Crippen molar-refractivity contribution >= 4 is 22.9 Å². The highest BCUT2D eigenvalue weighted by Crippen LogP contribution is 2.27. The third kappa shape index (κ3) is 6.08. The third-order valence-electron chi connectivity index (χ3n) is 7.44. The first-order chi connectivity index (χ1) is 19.4. The number of aromatic carboxylic acids is 1. The van der Waals surface area contributed by atoms with E-state index >= 15 is 0 Å². The summed E-state index contributed by atoms with van der Waals surface area (Å²) in [4.78, 5) is 32.1. The average Bonchev–Trinajstić information content (AvgIpc) is 3.31. The summed E-state index contributed by atoms with van der Waals surface area (Å²) in [7, 11) is 0. The van der Waals surface area contributed by atoms with Crippen molar-refractivity contribution in [1.29, 1.82) is 0 Å². The van der Waals surface area contributed by atoms with Crippen molar-refractivity contribution in [3.8, 4) is 11.1 Å². The lowest BCUT2D eigenvalue weighted by Crippen LogP contribution is -2.41. The molecule has 2 N–H and O–H groups in total. The minimum absolute atomic E-state index is 0.0792. The summed E-state index contributed by atoms with van der Waals surface area (Å²) >= 11 is 0. The van der Waals surface area contributed by atoms with Gasteiger partial charge < -0.3 is 19.7 Å². The highest BCUT2D eigenvalue weighted by atomic mass is 16.5. The Bertz CT molecular complexity index is 1500. The molecule has 3 aromatic carbocycles. The van der Waals surface area contributed by atoms with Crippen molar-refractivity contribution in [2.24, 2.45) is 0 Å². The number of amides is 1. The van der Waals surface area contributed by atoms with Gasteiger partial charge in [0.2, 0.25) is 0 Å². The topological polar surface area (TPSA) is 96.7 Å². The molecule has 1 aliphatic heterocycles. The lowest BCUT2D eigenvalue weighted by atomic mass is 9.98. The molecule has 0 bridgehead atoms. The zero-order valence-corrected chi connectivity index (χ0v) is 23.2. The summed E-state index contributed by atoms with van der Waals surface area (Å²) in [5.74, 6) is -0.0275. The van der Waals surface area contributed by atoms with Crippen LogP contribution in [-0.4, -0.2) is 70.8 Å². The molecule has 1 aliphatic rings. The number of carboxylic acid groups (broad SMARTS) is 1. The number of hydrogen-bond donors (Lipinski definition) is 2. The Kier molecular flexibility index (Phi) is 8.57. The van der Waals surface area contributed by atoms with Gasteiger partial charge in [0.25, 0.3) is 5.91 Å². The molecule has 0 saturated carbocycles. The number of fused-ring (bicyclic) bond motifs is 1. The molecule has 0 unspecified atom stereocenters. The van der Waals surface area contributed by atoms with Crippen LogP contribution in [0.4, 0.5) is 0 Å². The first kappa shape index (κ1) is 27.6. The maximum Gasteiger partial charge on any atom is 0.336 e. The van der Waals surface area contributed by atoms with Crippen molar-refractivity contribution in [3.63, 3.8) is 0 Å². The second-order valence-electron chi connectivity index (χ2n) is 10.3. The number of aromatic nitrogens is 2. The fraction of sp³-hybridized carbons (Fsp3) is 0.344. The van der Waals surface area contributed by atoms with Crippen LogP contribution < -0.4 is 5.32 Å². The molecule has 1 fully saturated rings. The van der Waals surface area contributed by atoms with Gasteiger partial charge in [-0.05, 0) is 53.8 Å². The zero-order valence-electron chi connectivity index (χ0n) is 23.2. The summed E-state index contributed by atoms with van der Waals surface area (Å²) < 4.78 is 7.61.